The highest BCUT2D eigenvalue weighted by atomic mass is 16.5. The Morgan fingerprint density at radius 1 is 1.47 bits per heavy atom. The summed E-state index contributed by atoms with van der Waals surface area (Å²) >= 11 is 0. The summed E-state index contributed by atoms with van der Waals surface area (Å²) in [5.41, 5.74) is 6.67. The van der Waals surface area contributed by atoms with E-state index in [9.17, 15) is 4.79 Å². The van der Waals surface area contributed by atoms with Crippen molar-refractivity contribution in [2.75, 3.05) is 33.0 Å². The van der Waals surface area contributed by atoms with Gasteiger partial charge in [-0.2, -0.15) is 0 Å². The maximum Gasteiger partial charge on any atom is 0.257 e. The maximum atomic E-state index is 11.9. The third-order valence-corrected chi connectivity index (χ3v) is 2.20. The fourth-order valence-corrected chi connectivity index (χ4v) is 1.32. The summed E-state index contributed by atoms with van der Waals surface area (Å²) in [5.74, 6) is 0.321. The first-order valence-corrected chi connectivity index (χ1v) is 5.41. The van der Waals surface area contributed by atoms with Crippen LogP contribution in [0.3, 0.4) is 0 Å². The lowest BCUT2D eigenvalue weighted by atomic mass is 10.1. The molecular formula is C12H18N2O3. The third-order valence-electron chi connectivity index (χ3n) is 2.20. The Morgan fingerprint density at radius 2 is 2.18 bits per heavy atom. The molecule has 0 bridgehead atoms. The van der Waals surface area contributed by atoms with Crippen molar-refractivity contribution in [2.24, 2.45) is 0 Å². The molecule has 0 saturated carbocycles. The van der Waals surface area contributed by atoms with Crippen LogP contribution in [0.25, 0.3) is 0 Å². The van der Waals surface area contributed by atoms with E-state index in [1.165, 1.54) is 4.90 Å². The molecule has 94 valence electrons. The number of rotatable bonds is 5. The lowest BCUT2D eigenvalue weighted by Crippen LogP contribution is -2.22. The number of carbonyl (C=O) groups excluding carboxylic acids is 1. The topological polar surface area (TPSA) is 75.8 Å². The Bertz CT molecular complexity index is 391. The van der Waals surface area contributed by atoms with Gasteiger partial charge in [0.05, 0.1) is 12.2 Å². The van der Waals surface area contributed by atoms with Crippen LogP contribution in [0.1, 0.15) is 16.8 Å². The normalized spacial score (nSPS) is 10.1. The van der Waals surface area contributed by atoms with Crippen LogP contribution in [0.5, 0.6) is 5.75 Å². The van der Waals surface area contributed by atoms with Gasteiger partial charge in [-0.15, -0.1) is 0 Å². The first-order chi connectivity index (χ1) is 8.06. The van der Waals surface area contributed by atoms with Crippen molar-refractivity contribution in [3.8, 4) is 5.75 Å². The molecule has 0 heterocycles. The highest BCUT2D eigenvalue weighted by Crippen LogP contribution is 2.23. The van der Waals surface area contributed by atoms with Crippen LogP contribution >= 0.6 is 0 Å². The van der Waals surface area contributed by atoms with Gasteiger partial charge in [-0.3, -0.25) is 4.79 Å². The van der Waals surface area contributed by atoms with Gasteiger partial charge in [0.15, 0.2) is 0 Å². The molecule has 0 fully saturated rings. The minimum atomic E-state index is -0.135. The minimum Gasteiger partial charge on any atom is -0.493 e. The number of hydrogen-bond acceptors (Lipinski definition) is 4. The van der Waals surface area contributed by atoms with Crippen LogP contribution in [0, 0.1) is 0 Å². The summed E-state index contributed by atoms with van der Waals surface area (Å²) in [7, 11) is 3.35. The van der Waals surface area contributed by atoms with E-state index in [4.69, 9.17) is 15.6 Å². The summed E-state index contributed by atoms with van der Waals surface area (Å²) in [5, 5.41) is 8.69. The molecule has 5 nitrogen and oxygen atoms in total. The van der Waals surface area contributed by atoms with E-state index < -0.39 is 0 Å². The van der Waals surface area contributed by atoms with Crippen LogP contribution in [0.4, 0.5) is 5.69 Å². The van der Waals surface area contributed by atoms with Crippen molar-refractivity contribution >= 4 is 11.6 Å². The number of anilines is 1. The lowest BCUT2D eigenvalue weighted by molar-refractivity contribution is 0.0823. The van der Waals surface area contributed by atoms with E-state index >= 15 is 0 Å². The van der Waals surface area contributed by atoms with Crippen molar-refractivity contribution in [1.29, 1.82) is 0 Å². The molecule has 0 unspecified atom stereocenters. The predicted octanol–water partition coefficient (Wildman–Crippen LogP) is 0.732. The molecular weight excluding hydrogens is 220 g/mol. The lowest BCUT2D eigenvalue weighted by Gasteiger charge is -2.15. The standard InChI is InChI=1S/C12H18N2O3/c1-14(2)12(16)10-5-4-9(13)8-11(10)17-7-3-6-15/h4-5,8,15H,3,6-7,13H2,1-2H3. The molecule has 1 aromatic rings. The fraction of sp³-hybridized carbons (Fsp3) is 0.417. The van der Waals surface area contributed by atoms with Crippen LogP contribution in [0.2, 0.25) is 0 Å². The average Bonchev–Trinajstić information content (AvgIpc) is 2.28. The zero-order valence-electron chi connectivity index (χ0n) is 10.1. The summed E-state index contributed by atoms with van der Waals surface area (Å²) in [4.78, 5) is 13.3. The van der Waals surface area contributed by atoms with Crippen molar-refractivity contribution in [2.45, 2.75) is 6.42 Å². The van der Waals surface area contributed by atoms with Crippen molar-refractivity contribution in [3.63, 3.8) is 0 Å². The van der Waals surface area contributed by atoms with Crippen molar-refractivity contribution in [3.05, 3.63) is 23.8 Å². The Balaban J connectivity index is 2.91. The van der Waals surface area contributed by atoms with Crippen LogP contribution in [-0.4, -0.2) is 43.2 Å². The molecule has 1 aromatic carbocycles. The van der Waals surface area contributed by atoms with Crippen LogP contribution in [0.15, 0.2) is 18.2 Å². The van der Waals surface area contributed by atoms with Gasteiger partial charge in [-0.1, -0.05) is 0 Å². The number of aliphatic hydroxyl groups excluding tert-OH is 1. The van der Waals surface area contributed by atoms with Gasteiger partial charge < -0.3 is 20.5 Å². The monoisotopic (exact) mass is 238 g/mol. The molecule has 17 heavy (non-hydrogen) atoms. The molecule has 0 aromatic heterocycles. The molecule has 0 aliphatic rings. The summed E-state index contributed by atoms with van der Waals surface area (Å²) in [6.45, 7) is 0.410. The molecule has 5 heteroatoms. The second-order valence-electron chi connectivity index (χ2n) is 3.88. The number of amides is 1. The molecule has 0 spiro atoms. The van der Waals surface area contributed by atoms with E-state index in [2.05, 4.69) is 0 Å². The van der Waals surface area contributed by atoms with E-state index in [-0.39, 0.29) is 12.5 Å². The molecule has 3 N–H and O–H groups in total. The van der Waals surface area contributed by atoms with Gasteiger partial charge in [-0.05, 0) is 12.1 Å². The first kappa shape index (κ1) is 13.3. The second-order valence-corrected chi connectivity index (χ2v) is 3.88. The maximum absolute atomic E-state index is 11.9. The fourth-order valence-electron chi connectivity index (χ4n) is 1.32. The predicted molar refractivity (Wildman–Crippen MR) is 66.1 cm³/mol. The van der Waals surface area contributed by atoms with Gasteiger partial charge >= 0.3 is 0 Å². The number of nitrogen functional groups attached to an aromatic ring is 1. The quantitative estimate of drug-likeness (QED) is 0.586. The van der Waals surface area contributed by atoms with Gasteiger partial charge in [0.2, 0.25) is 0 Å². The average molecular weight is 238 g/mol. The molecule has 1 rings (SSSR count). The Hall–Kier alpha value is -1.75. The SMILES string of the molecule is CN(C)C(=O)c1ccc(N)cc1OCCCO. The van der Waals surface area contributed by atoms with E-state index in [0.29, 0.717) is 30.0 Å². The summed E-state index contributed by atoms with van der Waals surface area (Å²) in [6, 6.07) is 4.93. The molecule has 0 radical (unpaired) electrons. The minimum absolute atomic E-state index is 0.0548. The number of aliphatic hydroxyl groups is 1. The largest absolute Gasteiger partial charge is 0.493 e. The summed E-state index contributed by atoms with van der Waals surface area (Å²) in [6.07, 6.45) is 0.518. The zero-order valence-corrected chi connectivity index (χ0v) is 10.1. The number of ether oxygens (including phenoxy) is 1. The van der Waals surface area contributed by atoms with Gasteiger partial charge in [-0.25, -0.2) is 0 Å². The first-order valence-electron chi connectivity index (χ1n) is 5.41. The van der Waals surface area contributed by atoms with Gasteiger partial charge in [0, 0.05) is 38.9 Å². The Kier molecular flexibility index (Phi) is 4.78. The Labute approximate surface area is 101 Å². The molecule has 0 saturated heterocycles. The van der Waals surface area contributed by atoms with Crippen molar-refractivity contribution in [1.82, 2.24) is 4.90 Å². The number of nitrogens with zero attached hydrogens (tertiary/aromatic N) is 1. The van der Waals surface area contributed by atoms with Gasteiger partial charge in [0.25, 0.3) is 5.91 Å². The molecule has 0 aliphatic carbocycles. The van der Waals surface area contributed by atoms with Crippen LogP contribution in [-0.2, 0) is 0 Å². The van der Waals surface area contributed by atoms with E-state index in [1.807, 2.05) is 0 Å². The highest BCUT2D eigenvalue weighted by molar-refractivity contribution is 5.97. The zero-order chi connectivity index (χ0) is 12.8. The number of carbonyl (C=O) groups is 1. The second kappa shape index (κ2) is 6.10. The van der Waals surface area contributed by atoms with Gasteiger partial charge in [0.1, 0.15) is 5.75 Å². The van der Waals surface area contributed by atoms with Crippen molar-refractivity contribution < 1.29 is 14.6 Å². The van der Waals surface area contributed by atoms with E-state index in [0.717, 1.165) is 0 Å². The molecule has 0 aliphatic heterocycles. The summed E-state index contributed by atoms with van der Waals surface area (Å²) < 4.78 is 5.44. The molecule has 1 amide bonds. The van der Waals surface area contributed by atoms with Crippen LogP contribution < -0.4 is 10.5 Å². The third kappa shape index (κ3) is 3.64. The molecule has 0 atom stereocenters. The highest BCUT2D eigenvalue weighted by Gasteiger charge is 2.14. The number of benzene rings is 1. The van der Waals surface area contributed by atoms with E-state index in [1.54, 1.807) is 32.3 Å². The number of nitrogens with two attached hydrogens (primary N) is 1. The Morgan fingerprint density at radius 3 is 2.76 bits per heavy atom. The number of hydrogen-bond donors (Lipinski definition) is 2. The smallest absolute Gasteiger partial charge is 0.257 e.